The van der Waals surface area contributed by atoms with Crippen molar-refractivity contribution in [3.8, 4) is 0 Å². The maximum absolute atomic E-state index is 13.1. The minimum atomic E-state index is -0.500. The van der Waals surface area contributed by atoms with Gasteiger partial charge in [0.25, 0.3) is 0 Å². The summed E-state index contributed by atoms with van der Waals surface area (Å²) in [5.74, 6) is -2.00. The van der Waals surface area contributed by atoms with Crippen LogP contribution in [0.2, 0.25) is 0 Å². The average molecular weight is 735 g/mol. The van der Waals surface area contributed by atoms with Gasteiger partial charge < -0.3 is 21.1 Å². The molecule has 0 fully saturated rings. The fraction of sp³-hybridized carbons (Fsp3) is 0. The summed E-state index contributed by atoms with van der Waals surface area (Å²) in [5.41, 5.74) is 7.37. The molecule has 0 aliphatic carbocycles. The number of pyridine rings is 2. The number of hydrogen-bond donors (Lipinski definition) is 0. The maximum Gasteiger partial charge on any atom is 2.00 e. The van der Waals surface area contributed by atoms with E-state index in [0.29, 0.717) is 0 Å². The first-order valence-electron chi connectivity index (χ1n) is 13.5. The Labute approximate surface area is 289 Å². The minimum absolute atomic E-state index is 0. The van der Waals surface area contributed by atoms with Crippen molar-refractivity contribution in [3.05, 3.63) is 192 Å². The molecule has 0 saturated heterocycles. The van der Waals surface area contributed by atoms with Crippen molar-refractivity contribution in [2.24, 2.45) is 20.7 Å². The molecule has 0 atom stereocenters. The average Bonchev–Trinajstić information content (AvgIpc) is 3.11. The van der Waals surface area contributed by atoms with Crippen LogP contribution in [0.5, 0.6) is 0 Å². The molecular weight excluding hydrogens is 709 g/mol. The zero-order chi connectivity index (χ0) is 32.7. The maximum atomic E-state index is 13.1. The summed E-state index contributed by atoms with van der Waals surface area (Å²) < 4.78 is 52.5. The fourth-order valence-corrected chi connectivity index (χ4v) is 2.99. The molecule has 0 aliphatic rings. The van der Waals surface area contributed by atoms with Crippen LogP contribution in [0.25, 0.3) is 10.9 Å². The van der Waals surface area contributed by atoms with E-state index in [9.17, 15) is 17.6 Å². The molecule has 0 bridgehead atoms. The van der Waals surface area contributed by atoms with Gasteiger partial charge in [0, 0.05) is 47.5 Å². The first kappa shape index (κ1) is 37.8. The van der Waals surface area contributed by atoms with Crippen LogP contribution in [0, 0.1) is 23.3 Å². The molecule has 6 rings (SSSR count). The van der Waals surface area contributed by atoms with E-state index in [1.54, 1.807) is 73.3 Å². The van der Waals surface area contributed by atoms with Gasteiger partial charge in [-0.2, -0.15) is 0 Å². The Morgan fingerprint density at radius 2 is 0.702 bits per heavy atom. The predicted octanol–water partition coefficient (Wildman–Crippen LogP) is 11.5. The number of aromatic nitrogens is 2. The van der Waals surface area contributed by atoms with E-state index in [0.717, 1.165) is 0 Å². The second-order valence-corrected chi connectivity index (χ2v) is 8.43. The second kappa shape index (κ2) is 23.0. The molecule has 4 aromatic carbocycles. The first-order valence-corrected chi connectivity index (χ1v) is 13.5. The number of rotatable bonds is 6. The summed E-state index contributed by atoms with van der Waals surface area (Å²) in [6.07, 6.45) is 7.00. The zero-order valence-electron chi connectivity index (χ0n) is 24.8. The van der Waals surface area contributed by atoms with Crippen LogP contribution in [0.1, 0.15) is 0 Å². The number of nitrogens with zero attached hydrogens (tertiary/aromatic N) is 8. The molecule has 232 valence electrons. The Kier molecular flexibility index (Phi) is 18.5. The third-order valence-corrected chi connectivity index (χ3v) is 5.15. The SMILES string of the molecule is Fc1ccccc1N=N[N-]c1ccccc1F.Fc1ccccc1N=N[N-]c1ccccc1F.[Cd+2].c1ccncc1.c1ccncc1. The van der Waals surface area contributed by atoms with Crippen molar-refractivity contribution >= 4 is 22.7 Å². The molecular formula is C34H26CdF4N8. The van der Waals surface area contributed by atoms with Gasteiger partial charge in [-0.15, -0.1) is 0 Å². The van der Waals surface area contributed by atoms with Crippen LogP contribution >= 0.6 is 0 Å². The van der Waals surface area contributed by atoms with Crippen LogP contribution in [-0.2, 0) is 27.3 Å². The largest absolute Gasteiger partial charge is 2.00 e. The Morgan fingerprint density at radius 3 is 0.979 bits per heavy atom. The quantitative estimate of drug-likeness (QED) is 0.0735. The molecule has 2 aromatic heterocycles. The van der Waals surface area contributed by atoms with E-state index in [2.05, 4.69) is 41.5 Å². The van der Waals surface area contributed by atoms with Crippen LogP contribution in [0.4, 0.5) is 40.3 Å². The van der Waals surface area contributed by atoms with Gasteiger partial charge in [-0.25, -0.2) is 17.6 Å². The van der Waals surface area contributed by atoms with Crippen molar-refractivity contribution in [2.45, 2.75) is 0 Å². The Balaban J connectivity index is 0.000000239. The summed E-state index contributed by atoms with van der Waals surface area (Å²) >= 11 is 0. The summed E-state index contributed by atoms with van der Waals surface area (Å²) in [6.45, 7) is 0. The molecule has 47 heavy (non-hydrogen) atoms. The van der Waals surface area contributed by atoms with Crippen LogP contribution in [0.3, 0.4) is 0 Å². The molecule has 0 radical (unpaired) electrons. The van der Waals surface area contributed by atoms with Gasteiger partial charge in [0.1, 0.15) is 23.3 Å². The van der Waals surface area contributed by atoms with E-state index in [1.807, 2.05) is 36.4 Å². The summed E-state index contributed by atoms with van der Waals surface area (Å²) in [6, 6.07) is 35.0. The second-order valence-electron chi connectivity index (χ2n) is 8.43. The third-order valence-electron chi connectivity index (χ3n) is 5.15. The molecule has 0 unspecified atom stereocenters. The first-order chi connectivity index (χ1) is 22.5. The third kappa shape index (κ3) is 15.5. The van der Waals surface area contributed by atoms with Gasteiger partial charge in [0.2, 0.25) is 0 Å². The van der Waals surface area contributed by atoms with Crippen molar-refractivity contribution in [2.75, 3.05) is 0 Å². The smallest absolute Gasteiger partial charge is 0.347 e. The predicted molar refractivity (Wildman–Crippen MR) is 169 cm³/mol. The Hall–Kier alpha value is -5.38. The van der Waals surface area contributed by atoms with Crippen LogP contribution in [0.15, 0.2) is 179 Å². The summed E-state index contributed by atoms with van der Waals surface area (Å²) in [5, 5.41) is 13.9. The van der Waals surface area contributed by atoms with Gasteiger partial charge in [-0.1, -0.05) is 84.9 Å². The standard InChI is InChI=1S/2C12H8F2N3.2C5H5N.Cd/c2*13-9-5-1-3-7-11(9)15-17-16-12-8-4-2-6-10(12)14;2*1-2-4-6-5-3-1;/h2*1-8H;2*1-5H;/q2*-1;;;+2. The molecule has 0 spiro atoms. The van der Waals surface area contributed by atoms with E-state index < -0.39 is 23.3 Å². The van der Waals surface area contributed by atoms with Crippen LogP contribution < -0.4 is 0 Å². The van der Waals surface area contributed by atoms with Gasteiger partial charge >= 0.3 is 27.3 Å². The molecule has 2 heterocycles. The van der Waals surface area contributed by atoms with E-state index >= 15 is 0 Å². The Morgan fingerprint density at radius 1 is 0.383 bits per heavy atom. The molecule has 13 heteroatoms. The summed E-state index contributed by atoms with van der Waals surface area (Å²) in [7, 11) is 0. The van der Waals surface area contributed by atoms with Gasteiger partial charge in [-0.3, -0.25) is 20.4 Å². The Bertz CT molecular complexity index is 1580. The summed E-state index contributed by atoms with van der Waals surface area (Å²) in [4.78, 5) is 7.57. The number of benzene rings is 4. The zero-order valence-corrected chi connectivity index (χ0v) is 28.8. The monoisotopic (exact) mass is 736 g/mol. The number of hydrogen-bond acceptors (Lipinski definition) is 6. The van der Waals surface area contributed by atoms with Gasteiger partial charge in [0.15, 0.2) is 0 Å². The molecule has 6 aromatic rings. The molecule has 0 saturated carbocycles. The van der Waals surface area contributed by atoms with Gasteiger partial charge in [0.05, 0.1) is 0 Å². The topological polar surface area (TPSA) is 103 Å². The van der Waals surface area contributed by atoms with Crippen molar-refractivity contribution < 1.29 is 44.9 Å². The van der Waals surface area contributed by atoms with Gasteiger partial charge in [-0.05, 0) is 48.5 Å². The van der Waals surface area contributed by atoms with E-state index in [-0.39, 0.29) is 50.0 Å². The molecule has 0 amide bonds. The van der Waals surface area contributed by atoms with Crippen LogP contribution in [-0.4, -0.2) is 9.97 Å². The molecule has 8 nitrogen and oxygen atoms in total. The number of halogens is 4. The normalized spacial score (nSPS) is 9.79. The fourth-order valence-electron chi connectivity index (χ4n) is 2.99. The van der Waals surface area contributed by atoms with E-state index in [1.165, 1.54) is 48.5 Å². The van der Waals surface area contributed by atoms with E-state index in [4.69, 9.17) is 0 Å². The van der Waals surface area contributed by atoms with Crippen molar-refractivity contribution in [1.29, 1.82) is 0 Å². The van der Waals surface area contributed by atoms with Crippen molar-refractivity contribution in [1.82, 2.24) is 9.97 Å². The van der Waals surface area contributed by atoms with Crippen molar-refractivity contribution in [3.63, 3.8) is 0 Å². The molecule has 0 aliphatic heterocycles. The molecule has 0 N–H and O–H groups in total. The minimum Gasteiger partial charge on any atom is -0.347 e.